The molecule has 0 saturated heterocycles. The molecular formula is C54H45F7N4O7S. The van der Waals surface area contributed by atoms with Crippen LogP contribution in [0.15, 0.2) is 155 Å². The molecular weight excluding hydrogens is 982 g/mol. The Morgan fingerprint density at radius 3 is 1.63 bits per heavy atom. The van der Waals surface area contributed by atoms with E-state index in [1.54, 1.807) is 48.5 Å². The van der Waals surface area contributed by atoms with Crippen molar-refractivity contribution in [3.05, 3.63) is 217 Å². The van der Waals surface area contributed by atoms with Gasteiger partial charge in [0.25, 0.3) is 11.1 Å². The van der Waals surface area contributed by atoms with Gasteiger partial charge in [-0.1, -0.05) is 111 Å². The third-order valence-electron chi connectivity index (χ3n) is 11.4. The smallest absolute Gasteiger partial charge is 0.504 e. The number of alkyl halides is 3. The highest BCUT2D eigenvalue weighted by molar-refractivity contribution is 7.88. The van der Waals surface area contributed by atoms with Gasteiger partial charge in [-0.3, -0.25) is 18.7 Å². The number of aryl methyl sites for hydroxylation is 2. The summed E-state index contributed by atoms with van der Waals surface area (Å²) >= 11 is 0. The van der Waals surface area contributed by atoms with Crippen LogP contribution in [0.25, 0.3) is 34.0 Å². The molecule has 2 heterocycles. The van der Waals surface area contributed by atoms with Gasteiger partial charge in [0, 0.05) is 24.2 Å². The lowest BCUT2D eigenvalue weighted by molar-refractivity contribution is -0.0501. The Morgan fingerprint density at radius 2 is 1.08 bits per heavy atom. The van der Waals surface area contributed by atoms with Gasteiger partial charge in [0.05, 0.1) is 22.4 Å². The van der Waals surface area contributed by atoms with Gasteiger partial charge in [0.15, 0.2) is 29.0 Å². The number of phenols is 1. The minimum atomic E-state index is -6.19. The van der Waals surface area contributed by atoms with Crippen LogP contribution in [-0.4, -0.2) is 38.1 Å². The van der Waals surface area contributed by atoms with Crippen LogP contribution in [0.3, 0.4) is 0 Å². The average molecular weight is 1030 g/mol. The van der Waals surface area contributed by atoms with Crippen LogP contribution in [-0.2, 0) is 55.5 Å². The maximum absolute atomic E-state index is 15.1. The molecule has 0 fully saturated rings. The van der Waals surface area contributed by atoms with Gasteiger partial charge in [0.1, 0.15) is 24.1 Å². The number of benzene rings is 6. The number of ether oxygens (including phenoxy) is 1. The fourth-order valence-electron chi connectivity index (χ4n) is 7.79. The second-order valence-electron chi connectivity index (χ2n) is 16.2. The van der Waals surface area contributed by atoms with Crippen LogP contribution >= 0.6 is 0 Å². The lowest BCUT2D eigenvalue weighted by atomic mass is 10.0. The number of rotatable bonds is 16. The molecule has 8 aromatic rings. The Labute approximate surface area is 414 Å². The predicted octanol–water partition coefficient (Wildman–Crippen LogP) is 11.2. The predicted molar refractivity (Wildman–Crippen MR) is 260 cm³/mol. The van der Waals surface area contributed by atoms with Crippen LogP contribution in [0.1, 0.15) is 41.7 Å². The summed E-state index contributed by atoms with van der Waals surface area (Å²) in [5.41, 5.74) is -3.80. The largest absolute Gasteiger partial charge is 0.534 e. The standard InChI is InChI=1S/C28H23F5N2O5S.C26H22F2N2O2/c1-2-21-26(40-41(37,38)28(31,32)33)34-25(35(27(21)36)15-14-18-10-6-11-20(29)16-18)22-12-7-13-23(30)24(22)39-17-19-8-4-3-5-9-19;1-2-20-23(18-9-4-3-5-10-18)29-25(21-12-7-13-22(28)24(21)31)30(26(20)32)15-14-17-8-6-11-19(27)16-17/h3-13,16H,2,14-15,17H2,1H3;3-13,16,31H,2,14-15H2,1H3. The molecule has 0 aliphatic heterocycles. The highest BCUT2D eigenvalue weighted by Gasteiger charge is 2.49. The van der Waals surface area contributed by atoms with E-state index in [0.717, 1.165) is 27.8 Å². The summed E-state index contributed by atoms with van der Waals surface area (Å²) in [6.45, 7) is 3.20. The molecule has 0 bridgehead atoms. The third-order valence-corrected chi connectivity index (χ3v) is 12.3. The van der Waals surface area contributed by atoms with Crippen LogP contribution < -0.4 is 20.0 Å². The maximum Gasteiger partial charge on any atom is 0.534 e. The van der Waals surface area contributed by atoms with Crippen molar-refractivity contribution >= 4 is 10.1 Å². The van der Waals surface area contributed by atoms with Crippen LogP contribution in [0.5, 0.6) is 17.4 Å². The van der Waals surface area contributed by atoms with Crippen molar-refractivity contribution in [3.63, 3.8) is 0 Å². The zero-order valence-electron chi connectivity index (χ0n) is 39.0. The summed E-state index contributed by atoms with van der Waals surface area (Å²) in [6.07, 6.45) is 0.656. The minimum Gasteiger partial charge on any atom is -0.504 e. The second-order valence-corrected chi connectivity index (χ2v) is 17.8. The molecule has 0 saturated carbocycles. The molecule has 0 aliphatic rings. The van der Waals surface area contributed by atoms with E-state index in [0.29, 0.717) is 35.2 Å². The fourth-order valence-corrected chi connectivity index (χ4v) is 8.23. The summed E-state index contributed by atoms with van der Waals surface area (Å²) in [7, 11) is -6.19. The molecule has 0 spiro atoms. The minimum absolute atomic E-state index is 0.0755. The Balaban J connectivity index is 0.000000220. The SMILES string of the molecule is CCc1c(-c2ccccc2)nc(-c2cccc(F)c2O)n(CCc2cccc(F)c2)c1=O.CCc1c(OS(=O)(=O)C(F)(F)F)nc(-c2cccc(F)c2OCc2ccccc2)n(CCc2cccc(F)c2)c1=O. The molecule has 0 atom stereocenters. The Morgan fingerprint density at radius 1 is 0.589 bits per heavy atom. The van der Waals surface area contributed by atoms with Crippen molar-refractivity contribution in [1.29, 1.82) is 0 Å². The number of aromatic hydroxyl groups is 1. The Bertz CT molecular complexity index is 3480. The number of hydrogen-bond acceptors (Lipinski definition) is 9. The summed E-state index contributed by atoms with van der Waals surface area (Å²) in [5, 5.41) is 10.4. The molecule has 0 radical (unpaired) electrons. The number of phenolic OH excluding ortho intramolecular Hbond substituents is 1. The number of hydrogen-bond donors (Lipinski definition) is 1. The van der Waals surface area contributed by atoms with E-state index in [1.807, 2.05) is 37.3 Å². The number of para-hydroxylation sites is 2. The topological polar surface area (TPSA) is 143 Å². The lowest BCUT2D eigenvalue weighted by Crippen LogP contribution is -2.32. The first-order chi connectivity index (χ1) is 34.9. The van der Waals surface area contributed by atoms with Gasteiger partial charge in [-0.05, 0) is 90.9 Å². The fraction of sp³-hybridized carbons (Fsp3) is 0.185. The van der Waals surface area contributed by atoms with Crippen LogP contribution in [0.4, 0.5) is 30.7 Å². The first-order valence-electron chi connectivity index (χ1n) is 22.7. The molecule has 8 rings (SSSR count). The molecule has 11 nitrogen and oxygen atoms in total. The number of halogens is 7. The van der Waals surface area contributed by atoms with Crippen LogP contribution in [0.2, 0.25) is 0 Å². The maximum atomic E-state index is 15.1. The van der Waals surface area contributed by atoms with Crippen molar-refractivity contribution in [2.75, 3.05) is 0 Å². The normalized spacial score (nSPS) is 11.5. The van der Waals surface area contributed by atoms with E-state index in [9.17, 15) is 49.5 Å². The molecule has 73 heavy (non-hydrogen) atoms. The number of nitrogens with zero attached hydrogens (tertiary/aromatic N) is 4. The second kappa shape index (κ2) is 23.0. The molecule has 0 unspecified atom stereocenters. The highest BCUT2D eigenvalue weighted by atomic mass is 32.2. The quantitative estimate of drug-likeness (QED) is 0.0568. The van der Waals surface area contributed by atoms with Gasteiger partial charge in [-0.2, -0.15) is 26.6 Å². The van der Waals surface area contributed by atoms with Crippen molar-refractivity contribution in [2.45, 2.75) is 64.7 Å². The number of aromatic nitrogens is 4. The van der Waals surface area contributed by atoms with Crippen molar-refractivity contribution in [1.82, 2.24) is 19.1 Å². The van der Waals surface area contributed by atoms with Gasteiger partial charge >= 0.3 is 15.6 Å². The Kier molecular flexibility index (Phi) is 16.6. The molecule has 2 aromatic heterocycles. The van der Waals surface area contributed by atoms with Crippen molar-refractivity contribution < 1.29 is 53.2 Å². The van der Waals surface area contributed by atoms with Crippen LogP contribution in [0, 0.1) is 23.3 Å². The van der Waals surface area contributed by atoms with E-state index in [1.165, 1.54) is 66.1 Å². The third kappa shape index (κ3) is 12.3. The van der Waals surface area contributed by atoms with Gasteiger partial charge in [-0.25, -0.2) is 22.5 Å². The summed E-state index contributed by atoms with van der Waals surface area (Å²) in [4.78, 5) is 35.9. The molecule has 0 aliphatic carbocycles. The molecule has 0 amide bonds. The summed E-state index contributed by atoms with van der Waals surface area (Å²) in [5.74, 6) is -4.82. The van der Waals surface area contributed by atoms with Gasteiger partial charge < -0.3 is 14.0 Å². The zero-order valence-corrected chi connectivity index (χ0v) is 39.9. The first kappa shape index (κ1) is 52.8. The van der Waals surface area contributed by atoms with E-state index in [-0.39, 0.29) is 66.6 Å². The van der Waals surface area contributed by atoms with E-state index in [2.05, 4.69) is 9.17 Å². The van der Waals surface area contributed by atoms with Gasteiger partial charge in [-0.15, -0.1) is 0 Å². The summed E-state index contributed by atoms with van der Waals surface area (Å²) in [6, 6.07) is 37.5. The molecule has 1 N–H and O–H groups in total. The summed E-state index contributed by atoms with van der Waals surface area (Å²) < 4.78 is 132. The molecule has 378 valence electrons. The van der Waals surface area contributed by atoms with Crippen molar-refractivity contribution in [2.24, 2.45) is 0 Å². The molecule has 19 heteroatoms. The van der Waals surface area contributed by atoms with E-state index >= 15 is 4.39 Å². The first-order valence-corrected chi connectivity index (χ1v) is 24.1. The van der Waals surface area contributed by atoms with Crippen molar-refractivity contribution in [3.8, 4) is 51.4 Å². The zero-order chi connectivity index (χ0) is 52.5. The van der Waals surface area contributed by atoms with Gasteiger partial charge in [0.2, 0.25) is 5.88 Å². The lowest BCUT2D eigenvalue weighted by Gasteiger charge is -2.19. The monoisotopic (exact) mass is 1030 g/mol. The van der Waals surface area contributed by atoms with E-state index in [4.69, 9.17) is 9.72 Å². The Hall–Kier alpha value is -8.06. The average Bonchev–Trinajstić information content (AvgIpc) is 3.36. The highest BCUT2D eigenvalue weighted by Crippen LogP contribution is 2.36. The van der Waals surface area contributed by atoms with E-state index < -0.39 is 61.7 Å². The molecule has 6 aromatic carbocycles.